The minimum absolute atomic E-state index is 1.26. The van der Waals surface area contributed by atoms with Crippen LogP contribution in [0.1, 0.15) is 0 Å². The van der Waals surface area contributed by atoms with E-state index in [0.717, 1.165) is 0 Å². The van der Waals surface area contributed by atoms with Crippen molar-refractivity contribution >= 4 is 0 Å². The van der Waals surface area contributed by atoms with Gasteiger partial charge < -0.3 is 4.74 Å². The zero-order chi connectivity index (χ0) is 4.28. The van der Waals surface area contributed by atoms with Crippen molar-refractivity contribution in [2.45, 2.75) is 6.41 Å². The van der Waals surface area contributed by atoms with Gasteiger partial charge in [-0.3, -0.25) is 5.73 Å². The van der Waals surface area contributed by atoms with Gasteiger partial charge in [-0.05, 0) is 0 Å². The van der Waals surface area contributed by atoms with Crippen LogP contribution in [0, 0.1) is 0 Å². The van der Waals surface area contributed by atoms with Gasteiger partial charge in [-0.2, -0.15) is 5.11 Å². The molecule has 1 atom stereocenters. The Morgan fingerprint density at radius 1 is 2.00 bits per heavy atom. The Hall–Kier alpha value is -0.120. The van der Waals surface area contributed by atoms with E-state index >= 15 is 0 Å². The minimum atomic E-state index is -1.37. The highest BCUT2D eigenvalue weighted by atomic mass is 16.6. The molecular weight excluding hydrogens is 70.0 g/mol. The van der Waals surface area contributed by atoms with E-state index in [1.54, 1.807) is 0 Å². The summed E-state index contributed by atoms with van der Waals surface area (Å²) in [5, 5.41) is 9.45. The van der Waals surface area contributed by atoms with Crippen molar-refractivity contribution in [1.82, 2.24) is 0 Å². The second-order valence-electron chi connectivity index (χ2n) is 0.604. The quantitative estimate of drug-likeness (QED) is 0.420. The van der Waals surface area contributed by atoms with Crippen LogP contribution in [0.3, 0.4) is 0 Å². The molecule has 0 heterocycles. The lowest BCUT2D eigenvalue weighted by molar-refractivity contribution is -0.113. The van der Waals surface area contributed by atoms with E-state index in [1.807, 2.05) is 0 Å². The maximum absolute atomic E-state index is 9.45. The van der Waals surface area contributed by atoms with Gasteiger partial charge in [0, 0.05) is 7.11 Å². The van der Waals surface area contributed by atoms with Crippen molar-refractivity contribution in [3.05, 3.63) is 0 Å². The first-order chi connectivity index (χ1) is 2.27. The van der Waals surface area contributed by atoms with E-state index in [1.165, 1.54) is 7.11 Å². The fraction of sp³-hybridized carbons (Fsp3) is 1.00. The second kappa shape index (κ2) is 2.14. The lowest BCUT2D eigenvalue weighted by Crippen LogP contribution is -2.18. The second-order valence-corrected chi connectivity index (χ2v) is 0.604. The summed E-state index contributed by atoms with van der Waals surface area (Å²) in [7, 11) is 1.26. The van der Waals surface area contributed by atoms with Gasteiger partial charge in [-0.25, -0.2) is 0 Å². The van der Waals surface area contributed by atoms with Crippen molar-refractivity contribution in [3.63, 3.8) is 0 Å². The lowest BCUT2D eigenvalue weighted by atomic mass is 11.2. The van der Waals surface area contributed by atoms with E-state index in [2.05, 4.69) is 10.5 Å². The first-order valence-corrected chi connectivity index (χ1v) is 1.21. The molecule has 0 aliphatic rings. The van der Waals surface area contributed by atoms with Gasteiger partial charge in [-0.1, -0.05) is 0 Å². The minimum Gasteiger partial charge on any atom is -0.341 e. The molecule has 0 aromatic heterocycles. The maximum atomic E-state index is 9.45. The molecule has 0 spiro atoms. The van der Waals surface area contributed by atoms with Crippen LogP contribution >= 0.6 is 0 Å². The molecular formula is C2H6NO2. The molecule has 0 bridgehead atoms. The molecule has 0 saturated heterocycles. The third-order valence-electron chi connectivity index (χ3n) is 0.232. The van der Waals surface area contributed by atoms with E-state index < -0.39 is 6.41 Å². The normalized spacial score (nSPS) is 15.0. The van der Waals surface area contributed by atoms with Crippen LogP contribution in [0.4, 0.5) is 0 Å². The molecule has 3 nitrogen and oxygen atoms in total. The Morgan fingerprint density at radius 2 is 2.20 bits per heavy atom. The predicted molar refractivity (Wildman–Crippen MR) is 15.7 cm³/mol. The van der Waals surface area contributed by atoms with E-state index in [4.69, 9.17) is 0 Å². The van der Waals surface area contributed by atoms with Crippen LogP contribution in [-0.4, -0.2) is 13.5 Å². The number of nitrogens with two attached hydrogens (primary N) is 1. The van der Waals surface area contributed by atoms with Crippen LogP contribution in [-0.2, 0) is 9.84 Å². The average molecular weight is 76.1 g/mol. The van der Waals surface area contributed by atoms with Gasteiger partial charge >= 0.3 is 0 Å². The van der Waals surface area contributed by atoms with Crippen LogP contribution in [0.2, 0.25) is 0 Å². The molecule has 0 saturated carbocycles. The lowest BCUT2D eigenvalue weighted by Gasteiger charge is -1.90. The summed E-state index contributed by atoms with van der Waals surface area (Å²) in [6.07, 6.45) is -1.37. The van der Waals surface area contributed by atoms with Gasteiger partial charge in [-0.15, -0.1) is 0 Å². The predicted octanol–water partition coefficient (Wildman–Crippen LogP) is -0.694. The fourth-order valence-corrected chi connectivity index (χ4v) is 0. The molecule has 0 aromatic rings. The standard InChI is InChI=1S/C2H6NO2/c1-5-2(3)4/h2H,3H2,1H3. The molecule has 0 aliphatic carbocycles. The summed E-state index contributed by atoms with van der Waals surface area (Å²) in [5.41, 5.74) is 4.51. The number of hydrogen-bond donors (Lipinski definition) is 1. The van der Waals surface area contributed by atoms with E-state index in [9.17, 15) is 5.11 Å². The van der Waals surface area contributed by atoms with Gasteiger partial charge in [0.15, 0.2) is 0 Å². The average Bonchev–Trinajstić information content (AvgIpc) is 1.38. The molecule has 0 fully saturated rings. The van der Waals surface area contributed by atoms with Gasteiger partial charge in [0.05, 0.1) is 0 Å². The Labute approximate surface area is 30.4 Å². The third-order valence-corrected chi connectivity index (χ3v) is 0.232. The van der Waals surface area contributed by atoms with Crippen LogP contribution in [0.15, 0.2) is 0 Å². The molecule has 5 heavy (non-hydrogen) atoms. The van der Waals surface area contributed by atoms with Crippen LogP contribution < -0.4 is 5.73 Å². The Morgan fingerprint density at radius 3 is 2.20 bits per heavy atom. The molecule has 3 heteroatoms. The molecule has 1 unspecified atom stereocenters. The number of methoxy groups -OCH3 is 1. The zero-order valence-corrected chi connectivity index (χ0v) is 2.97. The van der Waals surface area contributed by atoms with Gasteiger partial charge in [0.1, 0.15) is 0 Å². The number of rotatable bonds is 1. The van der Waals surface area contributed by atoms with E-state index in [0.29, 0.717) is 0 Å². The highest BCUT2D eigenvalue weighted by molar-refractivity contribution is 4.05. The van der Waals surface area contributed by atoms with Crippen molar-refractivity contribution in [3.8, 4) is 0 Å². The summed E-state index contributed by atoms with van der Waals surface area (Å²) < 4.78 is 3.97. The fourth-order valence-electron chi connectivity index (χ4n) is 0. The highest BCUT2D eigenvalue weighted by Gasteiger charge is 1.83. The van der Waals surface area contributed by atoms with Crippen molar-refractivity contribution < 1.29 is 9.84 Å². The topological polar surface area (TPSA) is 55.1 Å². The Kier molecular flexibility index (Phi) is 2.09. The van der Waals surface area contributed by atoms with Crippen LogP contribution in [0.5, 0.6) is 0 Å². The summed E-state index contributed by atoms with van der Waals surface area (Å²) in [4.78, 5) is 0. The first kappa shape index (κ1) is 4.88. The smallest absolute Gasteiger partial charge is 0.245 e. The highest BCUT2D eigenvalue weighted by Crippen LogP contribution is 1.62. The van der Waals surface area contributed by atoms with Crippen molar-refractivity contribution in [2.75, 3.05) is 7.11 Å². The summed E-state index contributed by atoms with van der Waals surface area (Å²) >= 11 is 0. The molecule has 0 rings (SSSR count). The Bertz CT molecular complexity index is 21.6. The first-order valence-electron chi connectivity index (χ1n) is 1.21. The van der Waals surface area contributed by atoms with Crippen molar-refractivity contribution in [2.24, 2.45) is 5.73 Å². The molecule has 31 valence electrons. The summed E-state index contributed by atoms with van der Waals surface area (Å²) in [5.74, 6) is 0. The van der Waals surface area contributed by atoms with Gasteiger partial charge in [0.2, 0.25) is 6.41 Å². The van der Waals surface area contributed by atoms with E-state index in [-0.39, 0.29) is 0 Å². The van der Waals surface area contributed by atoms with Crippen LogP contribution in [0.25, 0.3) is 0 Å². The molecule has 2 N–H and O–H groups in total. The molecule has 0 amide bonds. The molecule has 1 radical (unpaired) electrons. The third kappa shape index (κ3) is 3.88. The largest absolute Gasteiger partial charge is 0.341 e. The maximum Gasteiger partial charge on any atom is 0.245 e. The summed E-state index contributed by atoms with van der Waals surface area (Å²) in [6, 6.07) is 0. The zero-order valence-electron chi connectivity index (χ0n) is 2.97. The summed E-state index contributed by atoms with van der Waals surface area (Å²) in [6.45, 7) is 0. The number of hydrogen-bond acceptors (Lipinski definition) is 2. The molecule has 0 aromatic carbocycles. The molecule has 0 aliphatic heterocycles. The SMILES string of the molecule is COC(N)[O]. The van der Waals surface area contributed by atoms with Gasteiger partial charge in [0.25, 0.3) is 0 Å². The Balaban J connectivity index is 2.54. The monoisotopic (exact) mass is 76.0 g/mol. The number of ether oxygens (including phenoxy) is 1. The van der Waals surface area contributed by atoms with Crippen molar-refractivity contribution in [1.29, 1.82) is 0 Å².